The molecule has 2 heterocycles. The molecule has 2 aromatic carbocycles. The van der Waals surface area contributed by atoms with Crippen LogP contribution in [-0.2, 0) is 14.8 Å². The van der Waals surface area contributed by atoms with Gasteiger partial charge in [-0.25, -0.2) is 8.42 Å². The van der Waals surface area contributed by atoms with E-state index in [1.54, 1.807) is 12.1 Å². The van der Waals surface area contributed by atoms with Crippen molar-refractivity contribution < 1.29 is 13.2 Å². The molecule has 2 aliphatic rings. The number of rotatable bonds is 3. The van der Waals surface area contributed by atoms with Crippen molar-refractivity contribution in [1.29, 1.82) is 0 Å². The van der Waals surface area contributed by atoms with E-state index in [0.29, 0.717) is 30.8 Å². The second-order valence-corrected chi connectivity index (χ2v) is 9.16. The molecular weight excluding hydrogens is 348 g/mol. The van der Waals surface area contributed by atoms with Crippen molar-refractivity contribution in [3.63, 3.8) is 0 Å². The number of hydrogen-bond donors (Lipinski definition) is 0. The highest BCUT2D eigenvalue weighted by atomic mass is 32.2. The topological polar surface area (TPSA) is 57.7 Å². The van der Waals surface area contributed by atoms with E-state index in [1.165, 1.54) is 4.31 Å². The van der Waals surface area contributed by atoms with Crippen molar-refractivity contribution in [3.8, 4) is 0 Å². The Morgan fingerprint density at radius 1 is 0.885 bits per heavy atom. The van der Waals surface area contributed by atoms with E-state index in [2.05, 4.69) is 0 Å². The van der Waals surface area contributed by atoms with Gasteiger partial charge < -0.3 is 4.90 Å². The summed E-state index contributed by atoms with van der Waals surface area (Å²) >= 11 is 0. The summed E-state index contributed by atoms with van der Waals surface area (Å²) in [5.74, 6) is 0.182. The highest BCUT2D eigenvalue weighted by molar-refractivity contribution is 7.89. The molecule has 0 aromatic heterocycles. The molecular formula is C20H24N2O3S. The molecule has 2 fully saturated rings. The first-order chi connectivity index (χ1) is 12.6. The van der Waals surface area contributed by atoms with Gasteiger partial charge in [0.25, 0.3) is 0 Å². The molecule has 1 amide bonds. The lowest BCUT2D eigenvalue weighted by molar-refractivity contribution is -0.135. The highest BCUT2D eigenvalue weighted by Gasteiger charge is 2.34. The average molecular weight is 372 g/mol. The Bertz CT molecular complexity index is 912. The zero-order chi connectivity index (χ0) is 18.1. The van der Waals surface area contributed by atoms with Gasteiger partial charge in [0, 0.05) is 32.1 Å². The number of nitrogens with zero attached hydrogens (tertiary/aromatic N) is 2. The Kier molecular flexibility index (Phi) is 4.71. The van der Waals surface area contributed by atoms with Gasteiger partial charge in [-0.2, -0.15) is 4.31 Å². The maximum Gasteiger partial charge on any atom is 0.243 e. The largest absolute Gasteiger partial charge is 0.342 e. The molecule has 4 rings (SSSR count). The van der Waals surface area contributed by atoms with E-state index in [4.69, 9.17) is 0 Å². The van der Waals surface area contributed by atoms with Gasteiger partial charge in [-0.05, 0) is 48.6 Å². The second kappa shape index (κ2) is 7.00. The Morgan fingerprint density at radius 2 is 1.54 bits per heavy atom. The Balaban J connectivity index is 1.47. The van der Waals surface area contributed by atoms with Crippen molar-refractivity contribution in [2.24, 2.45) is 5.92 Å². The minimum Gasteiger partial charge on any atom is -0.342 e. The number of likely N-dealkylation sites (tertiary alicyclic amines) is 1. The molecule has 26 heavy (non-hydrogen) atoms. The van der Waals surface area contributed by atoms with Crippen LogP contribution in [0.1, 0.15) is 25.7 Å². The zero-order valence-corrected chi connectivity index (χ0v) is 15.6. The summed E-state index contributed by atoms with van der Waals surface area (Å²) < 4.78 is 27.5. The zero-order valence-electron chi connectivity index (χ0n) is 14.8. The SMILES string of the molecule is O=C(C1CCN(S(=O)(=O)c2ccc3ccccc3c2)CC1)N1CCCC1. The summed E-state index contributed by atoms with van der Waals surface area (Å²) in [6.45, 7) is 2.54. The summed E-state index contributed by atoms with van der Waals surface area (Å²) in [4.78, 5) is 14.8. The van der Waals surface area contributed by atoms with E-state index in [0.717, 1.165) is 36.7 Å². The van der Waals surface area contributed by atoms with Crippen molar-refractivity contribution in [3.05, 3.63) is 42.5 Å². The van der Waals surface area contributed by atoms with Crippen LogP contribution in [0.3, 0.4) is 0 Å². The van der Waals surface area contributed by atoms with Crippen LogP contribution in [0.2, 0.25) is 0 Å². The van der Waals surface area contributed by atoms with Crippen molar-refractivity contribution in [2.75, 3.05) is 26.2 Å². The Morgan fingerprint density at radius 3 is 2.23 bits per heavy atom. The van der Waals surface area contributed by atoms with Gasteiger partial charge in [-0.3, -0.25) is 4.79 Å². The lowest BCUT2D eigenvalue weighted by Gasteiger charge is -2.32. The summed E-state index contributed by atoms with van der Waals surface area (Å²) in [6, 6.07) is 13.0. The molecule has 0 bridgehead atoms. The van der Waals surface area contributed by atoms with Gasteiger partial charge in [0.2, 0.25) is 15.9 Å². The van der Waals surface area contributed by atoms with Gasteiger partial charge in [0.15, 0.2) is 0 Å². The van der Waals surface area contributed by atoms with Crippen molar-refractivity contribution in [2.45, 2.75) is 30.6 Å². The summed E-state index contributed by atoms with van der Waals surface area (Å²) in [5.41, 5.74) is 0. The van der Waals surface area contributed by atoms with Crippen LogP contribution in [0.15, 0.2) is 47.4 Å². The molecule has 0 saturated carbocycles. The third kappa shape index (κ3) is 3.23. The number of hydrogen-bond acceptors (Lipinski definition) is 3. The predicted octanol–water partition coefficient (Wildman–Crippen LogP) is 2.86. The van der Waals surface area contributed by atoms with Crippen LogP contribution in [0.5, 0.6) is 0 Å². The van der Waals surface area contributed by atoms with Gasteiger partial charge >= 0.3 is 0 Å². The number of fused-ring (bicyclic) bond motifs is 1. The third-order valence-corrected chi connectivity index (χ3v) is 7.47. The van der Waals surface area contributed by atoms with E-state index in [-0.39, 0.29) is 11.8 Å². The normalized spacial score (nSPS) is 19.9. The quantitative estimate of drug-likeness (QED) is 0.832. The molecule has 5 nitrogen and oxygen atoms in total. The van der Waals surface area contributed by atoms with Gasteiger partial charge in [0.1, 0.15) is 0 Å². The summed E-state index contributed by atoms with van der Waals surface area (Å²) in [7, 11) is -3.51. The number of sulfonamides is 1. The molecule has 0 atom stereocenters. The molecule has 2 saturated heterocycles. The Hall–Kier alpha value is -1.92. The summed E-state index contributed by atoms with van der Waals surface area (Å²) in [6.07, 6.45) is 3.39. The fourth-order valence-corrected chi connectivity index (χ4v) is 5.52. The first kappa shape index (κ1) is 17.5. The minimum atomic E-state index is -3.51. The first-order valence-electron chi connectivity index (χ1n) is 9.33. The molecule has 138 valence electrons. The number of benzene rings is 2. The molecule has 0 spiro atoms. The maximum atomic E-state index is 13.0. The number of amides is 1. The van der Waals surface area contributed by atoms with Crippen LogP contribution in [0.4, 0.5) is 0 Å². The van der Waals surface area contributed by atoms with Crippen molar-refractivity contribution >= 4 is 26.7 Å². The van der Waals surface area contributed by atoms with Crippen LogP contribution in [0, 0.1) is 5.92 Å². The molecule has 0 unspecified atom stereocenters. The third-order valence-electron chi connectivity index (χ3n) is 5.58. The molecule has 0 aliphatic carbocycles. The molecule has 0 N–H and O–H groups in total. The molecule has 6 heteroatoms. The van der Waals surface area contributed by atoms with E-state index < -0.39 is 10.0 Å². The monoisotopic (exact) mass is 372 g/mol. The molecule has 0 radical (unpaired) electrons. The highest BCUT2D eigenvalue weighted by Crippen LogP contribution is 2.27. The minimum absolute atomic E-state index is 0.0313. The molecule has 2 aromatic rings. The lowest BCUT2D eigenvalue weighted by Crippen LogP contribution is -2.43. The predicted molar refractivity (Wildman–Crippen MR) is 101 cm³/mol. The van der Waals surface area contributed by atoms with Crippen LogP contribution < -0.4 is 0 Å². The fourth-order valence-electron chi connectivity index (χ4n) is 4.02. The van der Waals surface area contributed by atoms with Crippen LogP contribution >= 0.6 is 0 Å². The van der Waals surface area contributed by atoms with E-state index >= 15 is 0 Å². The standard InChI is InChI=1S/C20H24N2O3S/c23-20(21-11-3-4-12-21)17-9-13-22(14-10-17)26(24,25)19-8-7-16-5-1-2-6-18(16)15-19/h1-2,5-8,15,17H,3-4,9-14H2. The smallest absolute Gasteiger partial charge is 0.243 e. The van der Waals surface area contributed by atoms with Gasteiger partial charge in [-0.15, -0.1) is 0 Å². The summed E-state index contributed by atoms with van der Waals surface area (Å²) in [5, 5.41) is 1.95. The average Bonchev–Trinajstić information content (AvgIpc) is 3.22. The lowest BCUT2D eigenvalue weighted by atomic mass is 9.97. The fraction of sp³-hybridized carbons (Fsp3) is 0.450. The van der Waals surface area contributed by atoms with E-state index in [1.807, 2.05) is 35.2 Å². The number of carbonyl (C=O) groups is 1. The van der Waals surface area contributed by atoms with Gasteiger partial charge in [0.05, 0.1) is 4.90 Å². The van der Waals surface area contributed by atoms with E-state index in [9.17, 15) is 13.2 Å². The van der Waals surface area contributed by atoms with Crippen molar-refractivity contribution in [1.82, 2.24) is 9.21 Å². The first-order valence-corrected chi connectivity index (χ1v) is 10.8. The van der Waals surface area contributed by atoms with Crippen LogP contribution in [-0.4, -0.2) is 49.7 Å². The number of piperidine rings is 1. The van der Waals surface area contributed by atoms with Crippen LogP contribution in [0.25, 0.3) is 10.8 Å². The Labute approximate surface area is 154 Å². The second-order valence-electron chi connectivity index (χ2n) is 7.22. The maximum absolute atomic E-state index is 13.0. The number of carbonyl (C=O) groups excluding carboxylic acids is 1. The molecule has 2 aliphatic heterocycles. The van der Waals surface area contributed by atoms with Gasteiger partial charge in [-0.1, -0.05) is 30.3 Å².